The van der Waals surface area contributed by atoms with Gasteiger partial charge in [-0.25, -0.2) is 13.8 Å². The summed E-state index contributed by atoms with van der Waals surface area (Å²) in [6, 6.07) is 2.35. The van der Waals surface area contributed by atoms with Gasteiger partial charge >= 0.3 is 0 Å². The lowest BCUT2D eigenvalue weighted by Crippen LogP contribution is -2.24. The maximum Gasteiger partial charge on any atom is 0.130 e. The van der Waals surface area contributed by atoms with E-state index in [1.807, 2.05) is 12.3 Å². The fraction of sp³-hybridized carbons (Fsp3) is 0.357. The van der Waals surface area contributed by atoms with Gasteiger partial charge in [0.1, 0.15) is 11.6 Å². The summed E-state index contributed by atoms with van der Waals surface area (Å²) in [5, 5.41) is 6.06. The van der Waals surface area contributed by atoms with Gasteiger partial charge in [0.05, 0.1) is 5.01 Å². The Labute approximate surface area is 115 Å². The molecule has 19 heavy (non-hydrogen) atoms. The second-order valence-electron chi connectivity index (χ2n) is 4.36. The monoisotopic (exact) mass is 282 g/mol. The molecule has 1 aromatic carbocycles. The summed E-state index contributed by atoms with van der Waals surface area (Å²) in [6.45, 7) is 4.32. The van der Waals surface area contributed by atoms with Gasteiger partial charge < -0.3 is 5.32 Å². The first-order chi connectivity index (χ1) is 9.11. The topological polar surface area (TPSA) is 24.9 Å². The van der Waals surface area contributed by atoms with Crippen LogP contribution in [-0.2, 0) is 6.42 Å². The highest BCUT2D eigenvalue weighted by Crippen LogP contribution is 2.24. The summed E-state index contributed by atoms with van der Waals surface area (Å²) < 4.78 is 27.3. The van der Waals surface area contributed by atoms with Crippen molar-refractivity contribution in [3.05, 3.63) is 51.5 Å². The van der Waals surface area contributed by atoms with E-state index in [-0.39, 0.29) is 6.04 Å². The zero-order valence-electron chi connectivity index (χ0n) is 10.9. The van der Waals surface area contributed by atoms with Crippen LogP contribution in [0.3, 0.4) is 0 Å². The number of nitrogens with one attached hydrogen (secondary N) is 1. The van der Waals surface area contributed by atoms with Crippen molar-refractivity contribution < 1.29 is 8.78 Å². The third kappa shape index (κ3) is 3.36. The quantitative estimate of drug-likeness (QED) is 0.906. The minimum absolute atomic E-state index is 0.185. The molecule has 2 nitrogen and oxygen atoms in total. The molecule has 5 heteroatoms. The Kier molecular flexibility index (Phi) is 4.61. The summed E-state index contributed by atoms with van der Waals surface area (Å²) >= 11 is 1.54. The van der Waals surface area contributed by atoms with Crippen molar-refractivity contribution in [1.82, 2.24) is 10.3 Å². The summed E-state index contributed by atoms with van der Waals surface area (Å²) in [6.07, 6.45) is 2.34. The van der Waals surface area contributed by atoms with Gasteiger partial charge in [0, 0.05) is 35.7 Å². The molecule has 0 amide bonds. The highest BCUT2D eigenvalue weighted by Gasteiger charge is 2.18. The summed E-state index contributed by atoms with van der Waals surface area (Å²) in [5.74, 6) is -1.02. The average Bonchev–Trinajstić information content (AvgIpc) is 2.86. The Balaban J connectivity index is 2.30. The number of rotatable bonds is 5. The standard InChI is InChI=1S/C14H16F2N2S/c1-3-17-13(8-14-18-4-5-19-14)10-6-9(2)11(15)7-12(10)16/h4-7,13,17H,3,8H2,1-2H3. The number of hydrogen-bond donors (Lipinski definition) is 1. The highest BCUT2D eigenvalue weighted by atomic mass is 32.1. The smallest absolute Gasteiger partial charge is 0.130 e. The lowest BCUT2D eigenvalue weighted by molar-refractivity contribution is 0.500. The molecule has 1 aromatic heterocycles. The lowest BCUT2D eigenvalue weighted by Gasteiger charge is -2.18. The van der Waals surface area contributed by atoms with Crippen LogP contribution >= 0.6 is 11.3 Å². The van der Waals surface area contributed by atoms with E-state index in [4.69, 9.17) is 0 Å². The Morgan fingerprint density at radius 3 is 2.74 bits per heavy atom. The van der Waals surface area contributed by atoms with Gasteiger partial charge in [-0.1, -0.05) is 6.92 Å². The molecule has 0 fully saturated rings. The number of aromatic nitrogens is 1. The van der Waals surface area contributed by atoms with Gasteiger partial charge in [-0.15, -0.1) is 11.3 Å². The Morgan fingerprint density at radius 1 is 1.32 bits per heavy atom. The molecule has 0 aliphatic rings. The van der Waals surface area contributed by atoms with Crippen LogP contribution in [0, 0.1) is 18.6 Å². The third-order valence-corrected chi connectivity index (χ3v) is 3.77. The second-order valence-corrected chi connectivity index (χ2v) is 5.34. The maximum absolute atomic E-state index is 13.9. The van der Waals surface area contributed by atoms with Crippen LogP contribution in [0.2, 0.25) is 0 Å². The van der Waals surface area contributed by atoms with Crippen LogP contribution in [0.5, 0.6) is 0 Å². The van der Waals surface area contributed by atoms with Crippen LogP contribution < -0.4 is 5.32 Å². The first-order valence-corrected chi connectivity index (χ1v) is 7.07. The number of likely N-dealkylation sites (N-methyl/N-ethyl adjacent to an activating group) is 1. The van der Waals surface area contributed by atoms with E-state index in [1.54, 1.807) is 19.2 Å². The van der Waals surface area contributed by atoms with Crippen LogP contribution in [-0.4, -0.2) is 11.5 Å². The molecule has 2 rings (SSSR count). The first kappa shape index (κ1) is 14.1. The Hall–Kier alpha value is -1.33. The molecule has 0 aliphatic heterocycles. The van der Waals surface area contributed by atoms with Crippen LogP contribution in [0.15, 0.2) is 23.7 Å². The van der Waals surface area contributed by atoms with Crippen LogP contribution in [0.25, 0.3) is 0 Å². The molecule has 0 spiro atoms. The minimum Gasteiger partial charge on any atom is -0.310 e. The molecule has 102 valence electrons. The van der Waals surface area contributed by atoms with E-state index in [9.17, 15) is 8.78 Å². The number of thiazole rings is 1. The zero-order chi connectivity index (χ0) is 13.8. The molecule has 1 N–H and O–H groups in total. The minimum atomic E-state index is -0.509. The van der Waals surface area contributed by atoms with Crippen molar-refractivity contribution in [2.45, 2.75) is 26.3 Å². The number of benzene rings is 1. The largest absolute Gasteiger partial charge is 0.310 e. The predicted molar refractivity (Wildman–Crippen MR) is 73.3 cm³/mol. The summed E-state index contributed by atoms with van der Waals surface area (Å²) in [5.41, 5.74) is 0.953. The molecule has 2 aromatic rings. The average molecular weight is 282 g/mol. The number of halogens is 2. The molecule has 0 radical (unpaired) electrons. The van der Waals surface area contributed by atoms with Gasteiger partial charge in [-0.2, -0.15) is 0 Å². The van der Waals surface area contributed by atoms with E-state index in [0.29, 0.717) is 24.1 Å². The fourth-order valence-corrected chi connectivity index (χ4v) is 2.68. The summed E-state index contributed by atoms with van der Waals surface area (Å²) in [4.78, 5) is 4.22. The molecular formula is C14H16F2N2S. The molecule has 1 heterocycles. The maximum atomic E-state index is 13.9. The van der Waals surface area contributed by atoms with E-state index in [0.717, 1.165) is 11.1 Å². The van der Waals surface area contributed by atoms with Crippen molar-refractivity contribution in [3.63, 3.8) is 0 Å². The van der Waals surface area contributed by atoms with Crippen molar-refractivity contribution in [2.75, 3.05) is 6.54 Å². The lowest BCUT2D eigenvalue weighted by atomic mass is 10.0. The van der Waals surface area contributed by atoms with Gasteiger partial charge in [0.25, 0.3) is 0 Å². The third-order valence-electron chi connectivity index (χ3n) is 2.97. The Bertz CT molecular complexity index is 541. The van der Waals surface area contributed by atoms with Crippen molar-refractivity contribution in [3.8, 4) is 0 Å². The Morgan fingerprint density at radius 2 is 2.11 bits per heavy atom. The first-order valence-electron chi connectivity index (χ1n) is 6.19. The number of hydrogen-bond acceptors (Lipinski definition) is 3. The SMILES string of the molecule is CCNC(Cc1nccs1)c1cc(C)c(F)cc1F. The molecule has 0 bridgehead atoms. The van der Waals surface area contributed by atoms with Gasteiger partial charge in [-0.3, -0.25) is 0 Å². The fourth-order valence-electron chi connectivity index (χ4n) is 2.01. The molecular weight excluding hydrogens is 266 g/mol. The van der Waals surface area contributed by atoms with E-state index in [2.05, 4.69) is 10.3 Å². The summed E-state index contributed by atoms with van der Waals surface area (Å²) in [7, 11) is 0. The van der Waals surface area contributed by atoms with E-state index >= 15 is 0 Å². The molecule has 1 unspecified atom stereocenters. The van der Waals surface area contributed by atoms with Crippen LogP contribution in [0.1, 0.15) is 29.1 Å². The molecule has 0 saturated carbocycles. The highest BCUT2D eigenvalue weighted by molar-refractivity contribution is 7.09. The molecule has 0 saturated heterocycles. The van der Waals surface area contributed by atoms with Crippen molar-refractivity contribution >= 4 is 11.3 Å². The van der Waals surface area contributed by atoms with E-state index in [1.165, 1.54) is 11.3 Å². The van der Waals surface area contributed by atoms with Gasteiger partial charge in [-0.05, 0) is 25.1 Å². The van der Waals surface area contributed by atoms with Crippen LogP contribution in [0.4, 0.5) is 8.78 Å². The van der Waals surface area contributed by atoms with Gasteiger partial charge in [0.2, 0.25) is 0 Å². The molecule has 1 atom stereocenters. The number of nitrogens with zero attached hydrogens (tertiary/aromatic N) is 1. The molecule has 0 aliphatic carbocycles. The normalized spacial score (nSPS) is 12.6. The predicted octanol–water partition coefficient (Wildman–Crippen LogP) is 3.62. The van der Waals surface area contributed by atoms with Crippen molar-refractivity contribution in [1.29, 1.82) is 0 Å². The van der Waals surface area contributed by atoms with Crippen molar-refractivity contribution in [2.24, 2.45) is 0 Å². The number of aryl methyl sites for hydroxylation is 1. The second kappa shape index (κ2) is 6.21. The van der Waals surface area contributed by atoms with Gasteiger partial charge in [0.15, 0.2) is 0 Å². The zero-order valence-corrected chi connectivity index (χ0v) is 11.7. The van der Waals surface area contributed by atoms with E-state index < -0.39 is 11.6 Å².